The van der Waals surface area contributed by atoms with Crippen molar-refractivity contribution >= 4 is 45.3 Å². The molecule has 4 atom stereocenters. The van der Waals surface area contributed by atoms with Gasteiger partial charge >= 0.3 is 17.9 Å². The number of aliphatic carboxylic acids is 2. The van der Waals surface area contributed by atoms with Crippen LogP contribution in [0.3, 0.4) is 0 Å². The molecule has 0 aliphatic carbocycles. The van der Waals surface area contributed by atoms with E-state index in [1.165, 1.54) is 36.8 Å². The summed E-state index contributed by atoms with van der Waals surface area (Å²) in [6, 6.07) is 13.7. The fraction of sp³-hybridized carbons (Fsp3) is 0.395. The first-order chi connectivity index (χ1) is 25.6. The third-order valence-electron chi connectivity index (χ3n) is 8.26. The Kier molecular flexibility index (Phi) is 16.8. The summed E-state index contributed by atoms with van der Waals surface area (Å²) < 4.78 is 31.0. The molecule has 0 spiro atoms. The molecule has 0 aliphatic heterocycles. The third-order valence-corrected chi connectivity index (χ3v) is 9.70. The quantitative estimate of drug-likeness (QED) is 0.0870. The van der Waals surface area contributed by atoms with Gasteiger partial charge in [0.1, 0.15) is 6.61 Å². The Balaban J connectivity index is 1.81. The number of hydrogen-bond acceptors (Lipinski definition) is 10. The summed E-state index contributed by atoms with van der Waals surface area (Å²) >= 11 is 0. The number of ketones is 1. The standard InChI is InChI=1S/C38H46N4O11S/c1-25(2)17-27(20-36(48)53-23-26-9-5-3-6-10-26)38(50)42-32(13-14-34(44)45)33(43)19-28(18-30-22-39-24-40-30)37(49)41-29(21-35(46)47)15-16-54(51,52)31-11-7-4-8-12-31/h3-12,15-16,22,24-25,27-29,32H,13-14,17-21,23H2,1-2H3,(H,39,40)(H,41,49)(H,42,50)(H,44,45)(H,46,47)/b16-15+/t27-,28-,29-,32+/m1/s1. The Morgan fingerprint density at radius 1 is 0.852 bits per heavy atom. The first kappa shape index (κ1) is 42.8. The monoisotopic (exact) mass is 766 g/mol. The van der Waals surface area contributed by atoms with Crippen LogP contribution in [-0.2, 0) is 56.4 Å². The minimum atomic E-state index is -3.99. The van der Waals surface area contributed by atoms with Crippen molar-refractivity contribution in [3.05, 3.63) is 95.9 Å². The van der Waals surface area contributed by atoms with Crippen LogP contribution >= 0.6 is 0 Å². The van der Waals surface area contributed by atoms with Crippen LogP contribution in [0.2, 0.25) is 0 Å². The summed E-state index contributed by atoms with van der Waals surface area (Å²) in [5.41, 5.74) is 1.20. The second-order valence-corrected chi connectivity index (χ2v) is 15.1. The van der Waals surface area contributed by atoms with Gasteiger partial charge in [-0.1, -0.05) is 62.4 Å². The second kappa shape index (κ2) is 21.2. The maximum Gasteiger partial charge on any atom is 0.306 e. The van der Waals surface area contributed by atoms with E-state index >= 15 is 0 Å². The fourth-order valence-corrected chi connectivity index (χ4v) is 6.66. The van der Waals surface area contributed by atoms with Gasteiger partial charge in [-0.3, -0.25) is 28.8 Å². The van der Waals surface area contributed by atoms with Gasteiger partial charge in [-0.05, 0) is 42.5 Å². The highest BCUT2D eigenvalue weighted by molar-refractivity contribution is 7.94. The molecule has 0 unspecified atom stereocenters. The highest BCUT2D eigenvalue weighted by Gasteiger charge is 2.32. The van der Waals surface area contributed by atoms with Gasteiger partial charge in [-0.15, -0.1) is 0 Å². The van der Waals surface area contributed by atoms with E-state index in [2.05, 4.69) is 20.6 Å². The van der Waals surface area contributed by atoms with Crippen molar-refractivity contribution in [2.24, 2.45) is 17.8 Å². The minimum Gasteiger partial charge on any atom is -0.481 e. The largest absolute Gasteiger partial charge is 0.481 e. The van der Waals surface area contributed by atoms with E-state index in [0.717, 1.165) is 17.0 Å². The van der Waals surface area contributed by atoms with E-state index in [-0.39, 0.29) is 43.1 Å². The molecule has 0 saturated heterocycles. The van der Waals surface area contributed by atoms with Crippen molar-refractivity contribution in [1.82, 2.24) is 20.6 Å². The van der Waals surface area contributed by atoms with Crippen LogP contribution in [0.1, 0.15) is 63.6 Å². The number of imidazole rings is 1. The van der Waals surface area contributed by atoms with E-state index < -0.39 is 88.5 Å². The van der Waals surface area contributed by atoms with Gasteiger partial charge in [0.05, 0.1) is 42.1 Å². The molecule has 0 aliphatic rings. The van der Waals surface area contributed by atoms with Crippen LogP contribution in [0.5, 0.6) is 0 Å². The number of carbonyl (C=O) groups excluding carboxylic acids is 4. The van der Waals surface area contributed by atoms with Gasteiger partial charge in [-0.25, -0.2) is 13.4 Å². The van der Waals surface area contributed by atoms with E-state index in [4.69, 9.17) is 4.74 Å². The lowest BCUT2D eigenvalue weighted by atomic mass is 9.90. The number of rotatable bonds is 23. The maximum atomic E-state index is 13.8. The summed E-state index contributed by atoms with van der Waals surface area (Å²) in [6.07, 6.45) is 1.68. The molecule has 0 bridgehead atoms. The minimum absolute atomic E-state index is 0.00114. The number of aromatic amines is 1. The summed E-state index contributed by atoms with van der Waals surface area (Å²) in [5.74, 6) is -7.47. The Morgan fingerprint density at radius 3 is 2.09 bits per heavy atom. The number of Topliss-reactive ketones (excluding diaryl/α,β-unsaturated/α-hetero) is 1. The number of nitrogens with one attached hydrogen (secondary N) is 3. The lowest BCUT2D eigenvalue weighted by Crippen LogP contribution is -2.47. The number of carbonyl (C=O) groups is 6. The van der Waals surface area contributed by atoms with E-state index in [9.17, 15) is 47.4 Å². The summed E-state index contributed by atoms with van der Waals surface area (Å²) in [5, 5.41) is 24.9. The molecule has 290 valence electrons. The first-order valence-electron chi connectivity index (χ1n) is 17.3. The Labute approximate surface area is 313 Å². The molecule has 3 aromatic rings. The predicted molar refractivity (Wildman–Crippen MR) is 195 cm³/mol. The van der Waals surface area contributed by atoms with Crippen LogP contribution in [0.15, 0.2) is 89.6 Å². The molecule has 15 nitrogen and oxygen atoms in total. The Bertz CT molecular complexity index is 1850. The zero-order valence-corrected chi connectivity index (χ0v) is 30.9. The lowest BCUT2D eigenvalue weighted by Gasteiger charge is -2.25. The average molecular weight is 767 g/mol. The topological polar surface area (TPSA) is 239 Å². The summed E-state index contributed by atoms with van der Waals surface area (Å²) in [7, 11) is -3.99. The van der Waals surface area contributed by atoms with Crippen molar-refractivity contribution in [3.8, 4) is 0 Å². The molecule has 3 rings (SSSR count). The zero-order valence-electron chi connectivity index (χ0n) is 30.1. The number of H-pyrrole nitrogens is 1. The molecule has 5 N–H and O–H groups in total. The Hall–Kier alpha value is -5.64. The van der Waals surface area contributed by atoms with Gasteiger partial charge in [0.15, 0.2) is 15.6 Å². The number of benzene rings is 2. The number of carboxylic acid groups (broad SMARTS) is 2. The second-order valence-electron chi connectivity index (χ2n) is 13.2. The smallest absolute Gasteiger partial charge is 0.306 e. The molecule has 0 saturated carbocycles. The van der Waals surface area contributed by atoms with Crippen LogP contribution < -0.4 is 10.6 Å². The van der Waals surface area contributed by atoms with Crippen molar-refractivity contribution in [2.45, 2.75) is 82.4 Å². The average Bonchev–Trinajstić information content (AvgIpc) is 3.64. The molecule has 16 heteroatoms. The van der Waals surface area contributed by atoms with Crippen LogP contribution in [-0.4, -0.2) is 76.2 Å². The number of carboxylic acids is 2. The highest BCUT2D eigenvalue weighted by atomic mass is 32.2. The van der Waals surface area contributed by atoms with E-state index in [1.807, 2.05) is 19.9 Å². The summed E-state index contributed by atoms with van der Waals surface area (Å²) in [6.45, 7) is 3.71. The number of nitrogens with zero attached hydrogens (tertiary/aromatic N) is 1. The van der Waals surface area contributed by atoms with Gasteiger partial charge < -0.3 is 30.6 Å². The predicted octanol–water partition coefficient (Wildman–Crippen LogP) is 3.62. The van der Waals surface area contributed by atoms with Crippen molar-refractivity contribution in [3.63, 3.8) is 0 Å². The lowest BCUT2D eigenvalue weighted by molar-refractivity contribution is -0.148. The van der Waals surface area contributed by atoms with Crippen LogP contribution in [0.25, 0.3) is 0 Å². The molecule has 1 aromatic heterocycles. The Morgan fingerprint density at radius 2 is 1.50 bits per heavy atom. The molecule has 1 heterocycles. The molecule has 2 aromatic carbocycles. The molecule has 54 heavy (non-hydrogen) atoms. The van der Waals surface area contributed by atoms with Crippen LogP contribution in [0.4, 0.5) is 0 Å². The van der Waals surface area contributed by atoms with Gasteiger partial charge in [0, 0.05) is 42.5 Å². The first-order valence-corrected chi connectivity index (χ1v) is 18.9. The number of hydrogen-bond donors (Lipinski definition) is 5. The van der Waals surface area contributed by atoms with Crippen molar-refractivity contribution in [2.75, 3.05) is 0 Å². The van der Waals surface area contributed by atoms with Gasteiger partial charge in [-0.2, -0.15) is 0 Å². The SMILES string of the molecule is CC(C)C[C@H](CC(=O)OCc1ccccc1)C(=O)N[C@@H](CCC(=O)O)C(=O)C[C@@H](Cc1cnc[nH]1)C(=O)N[C@H](/C=C/S(=O)(=O)c1ccccc1)CC(=O)O. The number of aromatic nitrogens is 2. The normalized spacial score (nSPS) is 13.8. The number of sulfone groups is 1. The molecular formula is C38H46N4O11S. The van der Waals surface area contributed by atoms with Crippen molar-refractivity contribution < 1.29 is 52.1 Å². The molecule has 0 radical (unpaired) electrons. The fourth-order valence-electron chi connectivity index (χ4n) is 5.57. The third kappa shape index (κ3) is 15.1. The van der Waals surface area contributed by atoms with Crippen LogP contribution in [0, 0.1) is 17.8 Å². The van der Waals surface area contributed by atoms with Gasteiger partial charge in [0.2, 0.25) is 11.8 Å². The number of amides is 2. The highest BCUT2D eigenvalue weighted by Crippen LogP contribution is 2.20. The summed E-state index contributed by atoms with van der Waals surface area (Å²) in [4.78, 5) is 83.9. The maximum absolute atomic E-state index is 13.8. The molecule has 2 amide bonds. The molecular weight excluding hydrogens is 721 g/mol. The number of esters is 1. The van der Waals surface area contributed by atoms with Crippen molar-refractivity contribution in [1.29, 1.82) is 0 Å². The van der Waals surface area contributed by atoms with E-state index in [1.54, 1.807) is 30.3 Å². The van der Waals surface area contributed by atoms with E-state index in [0.29, 0.717) is 5.69 Å². The van der Waals surface area contributed by atoms with Gasteiger partial charge in [0.25, 0.3) is 0 Å². The zero-order chi connectivity index (χ0) is 39.7. The number of ether oxygens (including phenoxy) is 1. The molecule has 0 fully saturated rings.